The van der Waals surface area contributed by atoms with E-state index in [-0.39, 0.29) is 5.41 Å². The van der Waals surface area contributed by atoms with Gasteiger partial charge in [0.2, 0.25) is 10.0 Å². The van der Waals surface area contributed by atoms with E-state index in [4.69, 9.17) is 5.73 Å². The first-order valence-electron chi connectivity index (χ1n) is 7.20. The van der Waals surface area contributed by atoms with Crippen LogP contribution in [0.15, 0.2) is 23.1 Å². The molecule has 0 spiro atoms. The molecule has 0 fully saturated rings. The molecule has 0 bridgehead atoms. The van der Waals surface area contributed by atoms with Gasteiger partial charge in [0.25, 0.3) is 0 Å². The summed E-state index contributed by atoms with van der Waals surface area (Å²) in [4.78, 5) is 0.321. The standard InChI is InChI=1S/C16H28N2O2S/c1-12-9-13(10-17)7-8-14(12)21(19,20)18-16(5,6)11-15(2,3)4/h7-9,18H,10-11,17H2,1-6H3. The van der Waals surface area contributed by atoms with Gasteiger partial charge in [-0.05, 0) is 49.8 Å². The van der Waals surface area contributed by atoms with Crippen LogP contribution in [0.1, 0.15) is 52.2 Å². The Bertz CT molecular complexity index is 599. The van der Waals surface area contributed by atoms with Gasteiger partial charge in [-0.3, -0.25) is 0 Å². The van der Waals surface area contributed by atoms with E-state index < -0.39 is 15.6 Å². The highest BCUT2D eigenvalue weighted by molar-refractivity contribution is 7.89. The summed E-state index contributed by atoms with van der Waals surface area (Å²) in [5.74, 6) is 0. The van der Waals surface area contributed by atoms with Crippen molar-refractivity contribution in [2.24, 2.45) is 11.1 Å². The highest BCUT2D eigenvalue weighted by atomic mass is 32.2. The molecule has 0 aliphatic heterocycles. The molecule has 1 aromatic rings. The summed E-state index contributed by atoms with van der Waals surface area (Å²) in [6.45, 7) is 12.3. The molecule has 0 unspecified atom stereocenters. The van der Waals surface area contributed by atoms with Gasteiger partial charge >= 0.3 is 0 Å². The zero-order chi connectivity index (χ0) is 16.5. The Hall–Kier alpha value is -0.910. The first-order chi connectivity index (χ1) is 9.36. The monoisotopic (exact) mass is 312 g/mol. The van der Waals surface area contributed by atoms with Crippen molar-refractivity contribution >= 4 is 10.0 Å². The minimum absolute atomic E-state index is 0.0461. The van der Waals surface area contributed by atoms with E-state index in [1.54, 1.807) is 19.1 Å². The van der Waals surface area contributed by atoms with Crippen LogP contribution in [0.2, 0.25) is 0 Å². The third kappa shape index (κ3) is 5.41. The Morgan fingerprint density at radius 3 is 2.14 bits per heavy atom. The Morgan fingerprint density at radius 2 is 1.71 bits per heavy atom. The minimum Gasteiger partial charge on any atom is -0.326 e. The molecule has 120 valence electrons. The summed E-state index contributed by atoms with van der Waals surface area (Å²) in [5.41, 5.74) is 6.78. The van der Waals surface area contributed by atoms with Crippen LogP contribution in [0.5, 0.6) is 0 Å². The summed E-state index contributed by atoms with van der Waals surface area (Å²) in [7, 11) is -3.54. The fourth-order valence-electron chi connectivity index (χ4n) is 2.92. The van der Waals surface area contributed by atoms with E-state index in [2.05, 4.69) is 25.5 Å². The number of rotatable bonds is 5. The van der Waals surface area contributed by atoms with E-state index in [0.717, 1.165) is 17.5 Å². The fraction of sp³-hybridized carbons (Fsp3) is 0.625. The predicted octanol–water partition coefficient (Wildman–Crippen LogP) is 2.95. The van der Waals surface area contributed by atoms with E-state index >= 15 is 0 Å². The van der Waals surface area contributed by atoms with Gasteiger partial charge in [-0.15, -0.1) is 0 Å². The van der Waals surface area contributed by atoms with Crippen molar-refractivity contribution in [2.45, 2.75) is 64.9 Å². The zero-order valence-corrected chi connectivity index (χ0v) is 14.8. The lowest BCUT2D eigenvalue weighted by molar-refractivity contribution is 0.269. The molecule has 0 amide bonds. The molecular weight excluding hydrogens is 284 g/mol. The number of hydrogen-bond acceptors (Lipinski definition) is 3. The van der Waals surface area contributed by atoms with Crippen molar-refractivity contribution in [2.75, 3.05) is 0 Å². The van der Waals surface area contributed by atoms with Crippen LogP contribution < -0.4 is 10.5 Å². The third-order valence-corrected chi connectivity index (χ3v) is 5.01. The average Bonchev–Trinajstić information content (AvgIpc) is 2.22. The molecule has 4 nitrogen and oxygen atoms in total. The molecule has 0 aromatic heterocycles. The molecule has 21 heavy (non-hydrogen) atoms. The topological polar surface area (TPSA) is 72.2 Å². The predicted molar refractivity (Wildman–Crippen MR) is 87.5 cm³/mol. The second-order valence-electron chi connectivity index (χ2n) is 7.53. The molecule has 0 atom stereocenters. The smallest absolute Gasteiger partial charge is 0.241 e. The van der Waals surface area contributed by atoms with Crippen molar-refractivity contribution in [3.63, 3.8) is 0 Å². The van der Waals surface area contributed by atoms with Crippen molar-refractivity contribution in [3.05, 3.63) is 29.3 Å². The molecular formula is C16H28N2O2S. The lowest BCUT2D eigenvalue weighted by Gasteiger charge is -2.33. The molecule has 0 heterocycles. The number of benzene rings is 1. The summed E-state index contributed by atoms with van der Waals surface area (Å²) < 4.78 is 28.0. The van der Waals surface area contributed by atoms with Crippen LogP contribution in [0.4, 0.5) is 0 Å². The molecule has 0 aliphatic rings. The molecule has 0 aliphatic carbocycles. The molecule has 0 saturated heterocycles. The lowest BCUT2D eigenvalue weighted by Crippen LogP contribution is -2.45. The molecule has 1 aromatic carbocycles. The number of nitrogens with one attached hydrogen (secondary N) is 1. The van der Waals surface area contributed by atoms with Crippen LogP contribution >= 0.6 is 0 Å². The van der Waals surface area contributed by atoms with Gasteiger partial charge in [-0.1, -0.05) is 32.9 Å². The summed E-state index contributed by atoms with van der Waals surface area (Å²) in [6.07, 6.45) is 0.749. The molecule has 0 saturated carbocycles. The third-order valence-electron chi connectivity index (χ3n) is 3.15. The number of hydrogen-bond donors (Lipinski definition) is 2. The number of sulfonamides is 1. The van der Waals surface area contributed by atoms with Gasteiger partial charge < -0.3 is 5.73 Å². The van der Waals surface area contributed by atoms with Crippen LogP contribution in [0.3, 0.4) is 0 Å². The maximum atomic E-state index is 12.6. The van der Waals surface area contributed by atoms with Gasteiger partial charge in [0.1, 0.15) is 0 Å². The Kier molecular flexibility index (Phi) is 5.24. The van der Waals surface area contributed by atoms with Crippen LogP contribution in [-0.2, 0) is 16.6 Å². The van der Waals surface area contributed by atoms with E-state index in [9.17, 15) is 8.42 Å². The van der Waals surface area contributed by atoms with E-state index in [1.807, 2.05) is 19.9 Å². The first kappa shape index (κ1) is 18.1. The molecule has 5 heteroatoms. The summed E-state index contributed by atoms with van der Waals surface area (Å²) in [6, 6.07) is 5.22. The summed E-state index contributed by atoms with van der Waals surface area (Å²) in [5, 5.41) is 0. The Morgan fingerprint density at radius 1 is 1.14 bits per heavy atom. The van der Waals surface area contributed by atoms with Crippen molar-refractivity contribution in [1.82, 2.24) is 4.72 Å². The van der Waals surface area contributed by atoms with Gasteiger partial charge in [0.15, 0.2) is 0 Å². The van der Waals surface area contributed by atoms with Crippen molar-refractivity contribution in [1.29, 1.82) is 0 Å². The van der Waals surface area contributed by atoms with Crippen molar-refractivity contribution < 1.29 is 8.42 Å². The van der Waals surface area contributed by atoms with Gasteiger partial charge in [-0.2, -0.15) is 0 Å². The molecule has 0 radical (unpaired) electrons. The summed E-state index contributed by atoms with van der Waals surface area (Å²) >= 11 is 0. The van der Waals surface area contributed by atoms with E-state index in [1.165, 1.54) is 0 Å². The van der Waals surface area contributed by atoms with Crippen LogP contribution in [-0.4, -0.2) is 14.0 Å². The fourth-order valence-corrected chi connectivity index (χ4v) is 4.56. The second kappa shape index (κ2) is 6.07. The van der Waals surface area contributed by atoms with Gasteiger partial charge in [0.05, 0.1) is 4.90 Å². The normalized spacial score (nSPS) is 13.5. The van der Waals surface area contributed by atoms with E-state index in [0.29, 0.717) is 11.4 Å². The largest absolute Gasteiger partial charge is 0.326 e. The first-order valence-corrected chi connectivity index (χ1v) is 8.68. The Balaban J connectivity index is 3.07. The second-order valence-corrected chi connectivity index (χ2v) is 9.18. The molecule has 1 rings (SSSR count). The minimum atomic E-state index is -3.54. The van der Waals surface area contributed by atoms with Crippen LogP contribution in [0.25, 0.3) is 0 Å². The highest BCUT2D eigenvalue weighted by Crippen LogP contribution is 2.28. The maximum absolute atomic E-state index is 12.6. The Labute approximate surface area is 129 Å². The van der Waals surface area contributed by atoms with Crippen LogP contribution in [0, 0.1) is 12.3 Å². The van der Waals surface area contributed by atoms with Gasteiger partial charge in [-0.25, -0.2) is 13.1 Å². The van der Waals surface area contributed by atoms with Crippen molar-refractivity contribution in [3.8, 4) is 0 Å². The highest BCUT2D eigenvalue weighted by Gasteiger charge is 2.31. The molecule has 3 N–H and O–H groups in total. The maximum Gasteiger partial charge on any atom is 0.241 e. The SMILES string of the molecule is Cc1cc(CN)ccc1S(=O)(=O)NC(C)(C)CC(C)(C)C. The quantitative estimate of drug-likeness (QED) is 0.878. The zero-order valence-electron chi connectivity index (χ0n) is 13.9. The lowest BCUT2D eigenvalue weighted by atomic mass is 9.82. The van der Waals surface area contributed by atoms with Gasteiger partial charge in [0, 0.05) is 12.1 Å². The number of nitrogens with two attached hydrogens (primary N) is 1. The average molecular weight is 312 g/mol. The number of aryl methyl sites for hydroxylation is 1.